The van der Waals surface area contributed by atoms with Crippen molar-refractivity contribution < 1.29 is 33.6 Å². The second-order valence-electron chi connectivity index (χ2n) is 12.2. The SMILES string of the molecule is COc1ccc(C(OC[C@H]2O[C@@H](n3cc(C)c(=O)[nH]c3=O)[C@H](OCCON(C)C(C)C)[C@@H]2O)(c2ccccc2)c2ccc(OC)cc2)cc1. The van der Waals surface area contributed by atoms with E-state index < -0.39 is 41.4 Å². The summed E-state index contributed by atoms with van der Waals surface area (Å²) in [7, 11) is 5.04. The van der Waals surface area contributed by atoms with Gasteiger partial charge in [0.15, 0.2) is 6.23 Å². The zero-order valence-corrected chi connectivity index (χ0v) is 28.7. The third-order valence-corrected chi connectivity index (χ3v) is 8.79. The van der Waals surface area contributed by atoms with Crippen LogP contribution in [0.4, 0.5) is 0 Å². The van der Waals surface area contributed by atoms with Crippen molar-refractivity contribution in [2.45, 2.75) is 57.0 Å². The Labute approximate surface area is 285 Å². The topological polar surface area (TPSA) is 134 Å². The van der Waals surface area contributed by atoms with Crippen molar-refractivity contribution in [2.24, 2.45) is 0 Å². The zero-order valence-electron chi connectivity index (χ0n) is 28.7. The Morgan fingerprint density at radius 1 is 0.898 bits per heavy atom. The molecule has 4 atom stereocenters. The minimum absolute atomic E-state index is 0.103. The molecule has 2 heterocycles. The molecule has 1 aliphatic rings. The first kappa shape index (κ1) is 36.0. The Hall–Kier alpha value is -4.30. The third-order valence-electron chi connectivity index (χ3n) is 8.79. The number of aromatic nitrogens is 2. The fourth-order valence-corrected chi connectivity index (χ4v) is 5.83. The standard InChI is InChI=1S/C37H45N3O9/c1-24(2)39(4)48-21-20-46-33-32(41)31(49-35(33)40-22-25(3)34(42)38-36(40)43)23-47-37(26-10-8-7-9-11-26,27-12-16-29(44-5)17-13-27)28-14-18-30(45-6)19-15-28/h7-19,22,24,31-33,35,41H,20-21,23H2,1-6H3,(H,38,42,43)/t31-,32-,33-,35-/m1/s1. The molecule has 3 aromatic carbocycles. The molecule has 4 aromatic rings. The molecular weight excluding hydrogens is 630 g/mol. The molecule has 0 aliphatic carbocycles. The summed E-state index contributed by atoms with van der Waals surface area (Å²) in [4.78, 5) is 33.3. The van der Waals surface area contributed by atoms with E-state index in [9.17, 15) is 14.7 Å². The summed E-state index contributed by atoms with van der Waals surface area (Å²) in [6.45, 7) is 5.79. The number of hydrogen-bond donors (Lipinski definition) is 2. The molecular formula is C37H45N3O9. The first-order valence-electron chi connectivity index (χ1n) is 16.2. The summed E-state index contributed by atoms with van der Waals surface area (Å²) < 4.78 is 31.6. The molecule has 5 rings (SSSR count). The van der Waals surface area contributed by atoms with Crippen LogP contribution in [0, 0.1) is 6.92 Å². The van der Waals surface area contributed by atoms with Crippen molar-refractivity contribution in [2.75, 3.05) is 41.1 Å². The van der Waals surface area contributed by atoms with Gasteiger partial charge in [0.2, 0.25) is 0 Å². The van der Waals surface area contributed by atoms with Crippen molar-refractivity contribution in [1.29, 1.82) is 0 Å². The Bertz CT molecular complexity index is 1710. The van der Waals surface area contributed by atoms with Gasteiger partial charge < -0.3 is 28.8 Å². The highest BCUT2D eigenvalue weighted by atomic mass is 16.7. The van der Waals surface area contributed by atoms with Gasteiger partial charge in [0.1, 0.15) is 35.4 Å². The molecule has 2 N–H and O–H groups in total. The molecule has 262 valence electrons. The molecule has 1 saturated heterocycles. The van der Waals surface area contributed by atoms with Gasteiger partial charge in [-0.15, -0.1) is 0 Å². The van der Waals surface area contributed by atoms with Crippen LogP contribution < -0.4 is 20.7 Å². The molecule has 1 fully saturated rings. The first-order chi connectivity index (χ1) is 23.6. The summed E-state index contributed by atoms with van der Waals surface area (Å²) in [5.41, 5.74) is 0.391. The highest BCUT2D eigenvalue weighted by Gasteiger charge is 2.48. The molecule has 0 saturated carbocycles. The van der Waals surface area contributed by atoms with Crippen molar-refractivity contribution in [3.05, 3.63) is 128 Å². The van der Waals surface area contributed by atoms with E-state index in [0.717, 1.165) is 16.7 Å². The Morgan fingerprint density at radius 3 is 2.02 bits per heavy atom. The van der Waals surface area contributed by atoms with Crippen molar-refractivity contribution in [3.63, 3.8) is 0 Å². The molecule has 12 nitrogen and oxygen atoms in total. The van der Waals surface area contributed by atoms with Gasteiger partial charge in [0.05, 0.1) is 34.0 Å². The van der Waals surface area contributed by atoms with Gasteiger partial charge in [-0.25, -0.2) is 4.79 Å². The molecule has 0 radical (unpaired) electrons. The van der Waals surface area contributed by atoms with Crippen LogP contribution in [-0.2, 0) is 24.6 Å². The second-order valence-corrected chi connectivity index (χ2v) is 12.2. The predicted octanol–water partition coefficient (Wildman–Crippen LogP) is 3.79. The van der Waals surface area contributed by atoms with Gasteiger partial charge in [0.25, 0.3) is 5.56 Å². The summed E-state index contributed by atoms with van der Waals surface area (Å²) in [5.74, 6) is 1.37. The fraction of sp³-hybridized carbons (Fsp3) is 0.405. The quantitative estimate of drug-likeness (QED) is 0.109. The van der Waals surface area contributed by atoms with E-state index in [1.165, 1.54) is 10.8 Å². The number of H-pyrrole nitrogens is 1. The lowest BCUT2D eigenvalue weighted by Crippen LogP contribution is -2.41. The maximum atomic E-state index is 13.0. The Kier molecular flexibility index (Phi) is 11.7. The first-order valence-corrected chi connectivity index (χ1v) is 16.2. The number of hydrogen-bond acceptors (Lipinski definition) is 10. The van der Waals surface area contributed by atoms with Gasteiger partial charge in [-0.1, -0.05) is 54.6 Å². The molecule has 0 unspecified atom stereocenters. The van der Waals surface area contributed by atoms with Crippen LogP contribution in [0.2, 0.25) is 0 Å². The van der Waals surface area contributed by atoms with Crippen LogP contribution in [0.1, 0.15) is 42.3 Å². The number of hydroxylamine groups is 2. The van der Waals surface area contributed by atoms with Crippen LogP contribution in [0.3, 0.4) is 0 Å². The minimum atomic E-state index is -1.22. The van der Waals surface area contributed by atoms with Gasteiger partial charge >= 0.3 is 5.69 Å². The Morgan fingerprint density at radius 2 is 1.47 bits per heavy atom. The highest BCUT2D eigenvalue weighted by molar-refractivity contribution is 5.49. The molecule has 0 amide bonds. The van der Waals surface area contributed by atoms with Crippen molar-refractivity contribution in [3.8, 4) is 11.5 Å². The minimum Gasteiger partial charge on any atom is -0.497 e. The van der Waals surface area contributed by atoms with Gasteiger partial charge in [-0.2, -0.15) is 5.06 Å². The number of methoxy groups -OCH3 is 2. The normalized spacial score (nSPS) is 19.4. The molecule has 0 spiro atoms. The van der Waals surface area contributed by atoms with Crippen LogP contribution in [0.5, 0.6) is 11.5 Å². The van der Waals surface area contributed by atoms with E-state index in [2.05, 4.69) is 4.98 Å². The van der Waals surface area contributed by atoms with Crippen LogP contribution in [0.25, 0.3) is 0 Å². The van der Waals surface area contributed by atoms with E-state index in [1.54, 1.807) is 26.2 Å². The summed E-state index contributed by atoms with van der Waals surface area (Å²) in [6.07, 6.45) is -2.80. The summed E-state index contributed by atoms with van der Waals surface area (Å²) >= 11 is 0. The number of aryl methyl sites for hydroxylation is 1. The average molecular weight is 676 g/mol. The van der Waals surface area contributed by atoms with Crippen LogP contribution in [0.15, 0.2) is 94.6 Å². The Balaban J connectivity index is 1.52. The van der Waals surface area contributed by atoms with Crippen molar-refractivity contribution >= 4 is 0 Å². The van der Waals surface area contributed by atoms with Crippen molar-refractivity contribution in [1.82, 2.24) is 14.6 Å². The predicted molar refractivity (Wildman–Crippen MR) is 183 cm³/mol. The zero-order chi connectivity index (χ0) is 35.1. The maximum Gasteiger partial charge on any atom is 0.330 e. The molecule has 1 aromatic heterocycles. The van der Waals surface area contributed by atoms with Crippen LogP contribution in [-0.4, -0.2) is 85.2 Å². The van der Waals surface area contributed by atoms with Gasteiger partial charge in [0, 0.05) is 24.8 Å². The number of nitrogens with one attached hydrogen (secondary N) is 1. The van der Waals surface area contributed by atoms with E-state index in [0.29, 0.717) is 17.1 Å². The number of aromatic amines is 1. The second kappa shape index (κ2) is 15.9. The number of benzene rings is 3. The number of aliphatic hydroxyl groups is 1. The lowest BCUT2D eigenvalue weighted by Gasteiger charge is -2.37. The lowest BCUT2D eigenvalue weighted by molar-refractivity contribution is -0.180. The smallest absolute Gasteiger partial charge is 0.330 e. The third kappa shape index (κ3) is 7.80. The lowest BCUT2D eigenvalue weighted by atomic mass is 9.80. The van der Waals surface area contributed by atoms with Gasteiger partial charge in [-0.3, -0.25) is 19.2 Å². The molecule has 1 aliphatic heterocycles. The van der Waals surface area contributed by atoms with E-state index in [4.69, 9.17) is 28.5 Å². The molecule has 12 heteroatoms. The maximum absolute atomic E-state index is 13.0. The van der Waals surface area contributed by atoms with E-state index in [1.807, 2.05) is 99.8 Å². The number of nitrogens with zero attached hydrogens (tertiary/aromatic N) is 2. The number of rotatable bonds is 15. The number of aliphatic hydroxyl groups excluding tert-OH is 1. The summed E-state index contributed by atoms with van der Waals surface area (Å²) in [5, 5.41) is 13.4. The average Bonchev–Trinajstić information content (AvgIpc) is 3.43. The largest absolute Gasteiger partial charge is 0.497 e. The van der Waals surface area contributed by atoms with Crippen LogP contribution >= 0.6 is 0 Å². The molecule has 0 bridgehead atoms. The summed E-state index contributed by atoms with van der Waals surface area (Å²) in [6, 6.07) is 25.1. The monoisotopic (exact) mass is 675 g/mol. The van der Waals surface area contributed by atoms with E-state index in [-0.39, 0.29) is 25.9 Å². The highest BCUT2D eigenvalue weighted by Crippen LogP contribution is 2.43. The molecule has 49 heavy (non-hydrogen) atoms. The fourth-order valence-electron chi connectivity index (χ4n) is 5.83. The number of ether oxygens (including phenoxy) is 5. The van der Waals surface area contributed by atoms with E-state index >= 15 is 0 Å². The van der Waals surface area contributed by atoms with Gasteiger partial charge in [-0.05, 0) is 61.7 Å².